The number of amides is 2. The highest BCUT2D eigenvalue weighted by Gasteiger charge is 2.23. The van der Waals surface area contributed by atoms with E-state index in [2.05, 4.69) is 10.6 Å². The second kappa shape index (κ2) is 12.5. The lowest BCUT2D eigenvalue weighted by Crippen LogP contribution is -2.19. The number of carbonyl (C=O) groups excluding carboxylic acids is 2. The molecule has 0 aliphatic carbocycles. The Morgan fingerprint density at radius 3 is 2.29 bits per heavy atom. The lowest BCUT2D eigenvalue weighted by Gasteiger charge is -2.19. The van der Waals surface area contributed by atoms with Crippen LogP contribution in [0.2, 0.25) is 5.02 Å². The molecule has 0 spiro atoms. The fourth-order valence-electron chi connectivity index (χ4n) is 3.81. The number of thioether (sulfide) groups is 1. The van der Waals surface area contributed by atoms with Crippen LogP contribution < -0.4 is 20.1 Å². The molecule has 1 unspecified atom stereocenters. The third-order valence-electron chi connectivity index (χ3n) is 5.86. The standard InChI is InChI=1S/C30H27ClN2O4S/c1-19-24(31)13-8-14-25(19)33-30(35)28(20-9-5-4-6-10-20)38-23-12-7-11-22(18-23)32-29(34)21-15-16-26(36-2)27(17-21)37-3/h4-18,28H,1-3H3,(H,32,34)(H,33,35). The summed E-state index contributed by atoms with van der Waals surface area (Å²) >= 11 is 7.65. The number of rotatable bonds is 9. The zero-order valence-corrected chi connectivity index (χ0v) is 22.7. The van der Waals surface area contributed by atoms with Gasteiger partial charge in [0.2, 0.25) is 5.91 Å². The van der Waals surface area contributed by atoms with Crippen LogP contribution in [0, 0.1) is 6.92 Å². The topological polar surface area (TPSA) is 76.7 Å². The molecule has 1 atom stereocenters. The largest absolute Gasteiger partial charge is 0.493 e. The van der Waals surface area contributed by atoms with E-state index in [9.17, 15) is 9.59 Å². The summed E-state index contributed by atoms with van der Waals surface area (Å²) in [5.74, 6) is 0.546. The average molecular weight is 547 g/mol. The minimum absolute atomic E-state index is 0.175. The van der Waals surface area contributed by atoms with Crippen molar-refractivity contribution in [2.75, 3.05) is 24.9 Å². The molecule has 194 valence electrons. The first-order valence-electron chi connectivity index (χ1n) is 11.8. The van der Waals surface area contributed by atoms with Gasteiger partial charge in [-0.3, -0.25) is 9.59 Å². The van der Waals surface area contributed by atoms with Crippen LogP contribution in [0.3, 0.4) is 0 Å². The fraction of sp³-hybridized carbons (Fsp3) is 0.133. The summed E-state index contributed by atoms with van der Waals surface area (Å²) < 4.78 is 10.6. The maximum Gasteiger partial charge on any atom is 0.255 e. The van der Waals surface area contributed by atoms with Gasteiger partial charge in [-0.1, -0.05) is 54.1 Å². The zero-order chi connectivity index (χ0) is 27.1. The van der Waals surface area contributed by atoms with E-state index in [0.717, 1.165) is 16.0 Å². The maximum atomic E-state index is 13.5. The van der Waals surface area contributed by atoms with E-state index in [0.29, 0.717) is 33.5 Å². The fourth-order valence-corrected chi connectivity index (χ4v) is 5.06. The first-order valence-corrected chi connectivity index (χ1v) is 13.1. The number of hydrogen-bond donors (Lipinski definition) is 2. The van der Waals surface area contributed by atoms with Crippen LogP contribution in [0.1, 0.15) is 26.7 Å². The van der Waals surface area contributed by atoms with Gasteiger partial charge >= 0.3 is 0 Å². The molecule has 4 rings (SSSR count). The molecule has 4 aromatic carbocycles. The monoisotopic (exact) mass is 546 g/mol. The first-order chi connectivity index (χ1) is 18.4. The normalized spacial score (nSPS) is 11.4. The molecule has 4 aromatic rings. The Kier molecular flexibility index (Phi) is 8.94. The Morgan fingerprint density at radius 1 is 0.816 bits per heavy atom. The molecule has 0 fully saturated rings. The number of methoxy groups -OCH3 is 2. The molecule has 0 radical (unpaired) electrons. The van der Waals surface area contributed by atoms with Gasteiger partial charge in [-0.2, -0.15) is 0 Å². The van der Waals surface area contributed by atoms with E-state index in [1.165, 1.54) is 18.9 Å². The van der Waals surface area contributed by atoms with Gasteiger partial charge in [-0.25, -0.2) is 0 Å². The molecule has 0 saturated heterocycles. The Labute approximate surface area is 231 Å². The van der Waals surface area contributed by atoms with Gasteiger partial charge in [0.1, 0.15) is 5.25 Å². The molecule has 0 bridgehead atoms. The number of hydrogen-bond acceptors (Lipinski definition) is 5. The van der Waals surface area contributed by atoms with E-state index >= 15 is 0 Å². The lowest BCUT2D eigenvalue weighted by molar-refractivity contribution is -0.115. The smallest absolute Gasteiger partial charge is 0.255 e. The Morgan fingerprint density at radius 2 is 1.55 bits per heavy atom. The molecule has 0 heterocycles. The van der Waals surface area contributed by atoms with Crippen molar-refractivity contribution in [1.29, 1.82) is 0 Å². The molecule has 0 aromatic heterocycles. The summed E-state index contributed by atoms with van der Waals surface area (Å²) in [5, 5.41) is 5.99. The molecule has 0 aliphatic heterocycles. The van der Waals surface area contributed by atoms with E-state index < -0.39 is 5.25 Å². The van der Waals surface area contributed by atoms with Crippen molar-refractivity contribution in [3.8, 4) is 11.5 Å². The van der Waals surface area contributed by atoms with E-state index in [-0.39, 0.29) is 11.8 Å². The number of halogens is 1. The number of anilines is 2. The van der Waals surface area contributed by atoms with Crippen molar-refractivity contribution in [3.63, 3.8) is 0 Å². The van der Waals surface area contributed by atoms with E-state index in [1.807, 2.05) is 61.5 Å². The summed E-state index contributed by atoms with van der Waals surface area (Å²) in [5.41, 5.74) is 3.36. The van der Waals surface area contributed by atoms with Crippen molar-refractivity contribution >= 4 is 46.6 Å². The Hall–Kier alpha value is -3.94. The van der Waals surface area contributed by atoms with Crippen LogP contribution in [-0.2, 0) is 4.79 Å². The number of ether oxygens (including phenoxy) is 2. The molecule has 6 nitrogen and oxygen atoms in total. The van der Waals surface area contributed by atoms with Gasteiger partial charge in [-0.15, -0.1) is 11.8 Å². The Balaban J connectivity index is 1.55. The van der Waals surface area contributed by atoms with E-state index in [4.69, 9.17) is 21.1 Å². The van der Waals surface area contributed by atoms with Gasteiger partial charge in [0.25, 0.3) is 5.91 Å². The summed E-state index contributed by atoms with van der Waals surface area (Å²) in [6, 6.07) is 27.4. The molecule has 0 aliphatic rings. The van der Waals surface area contributed by atoms with Crippen molar-refractivity contribution in [2.24, 2.45) is 0 Å². The van der Waals surface area contributed by atoms with Crippen LogP contribution in [0.15, 0.2) is 95.9 Å². The molecular formula is C30H27ClN2O4S. The summed E-state index contributed by atoms with van der Waals surface area (Å²) in [6.45, 7) is 1.87. The quantitative estimate of drug-likeness (QED) is 0.214. The highest BCUT2D eigenvalue weighted by molar-refractivity contribution is 8.00. The summed E-state index contributed by atoms with van der Waals surface area (Å²) in [6.07, 6.45) is 0. The minimum atomic E-state index is -0.536. The molecule has 8 heteroatoms. The van der Waals surface area contributed by atoms with Crippen molar-refractivity contribution in [1.82, 2.24) is 0 Å². The van der Waals surface area contributed by atoms with Crippen LogP contribution in [0.5, 0.6) is 11.5 Å². The average Bonchev–Trinajstić information content (AvgIpc) is 2.94. The predicted octanol–water partition coefficient (Wildman–Crippen LogP) is 7.39. The molecule has 38 heavy (non-hydrogen) atoms. The van der Waals surface area contributed by atoms with Crippen LogP contribution >= 0.6 is 23.4 Å². The highest BCUT2D eigenvalue weighted by atomic mass is 35.5. The summed E-state index contributed by atoms with van der Waals surface area (Å²) in [4.78, 5) is 27.2. The van der Waals surface area contributed by atoms with Crippen molar-refractivity contribution < 1.29 is 19.1 Å². The van der Waals surface area contributed by atoms with E-state index in [1.54, 1.807) is 43.5 Å². The SMILES string of the molecule is COc1ccc(C(=O)Nc2cccc(SC(C(=O)Nc3cccc(Cl)c3C)c3ccccc3)c2)cc1OC. The second-order valence-corrected chi connectivity index (χ2v) is 9.95. The number of benzene rings is 4. The molecular weight excluding hydrogens is 520 g/mol. The third kappa shape index (κ3) is 6.49. The molecule has 0 saturated carbocycles. The zero-order valence-electron chi connectivity index (χ0n) is 21.2. The number of nitrogens with one attached hydrogen (secondary N) is 2. The van der Waals surface area contributed by atoms with Crippen molar-refractivity contribution in [3.05, 3.63) is 113 Å². The van der Waals surface area contributed by atoms with Gasteiger partial charge in [0, 0.05) is 26.9 Å². The van der Waals surface area contributed by atoms with Crippen LogP contribution in [0.4, 0.5) is 11.4 Å². The summed E-state index contributed by atoms with van der Waals surface area (Å²) in [7, 11) is 3.06. The predicted molar refractivity (Wildman–Crippen MR) is 154 cm³/mol. The van der Waals surface area contributed by atoms with Gasteiger partial charge in [0.05, 0.1) is 14.2 Å². The second-order valence-electron chi connectivity index (χ2n) is 8.36. The minimum Gasteiger partial charge on any atom is -0.493 e. The molecule has 2 N–H and O–H groups in total. The van der Waals surface area contributed by atoms with Crippen molar-refractivity contribution in [2.45, 2.75) is 17.1 Å². The lowest BCUT2D eigenvalue weighted by atomic mass is 10.1. The third-order valence-corrected chi connectivity index (χ3v) is 7.52. The first kappa shape index (κ1) is 27.1. The maximum absolute atomic E-state index is 13.5. The Bertz CT molecular complexity index is 1450. The van der Waals surface area contributed by atoms with Gasteiger partial charge < -0.3 is 20.1 Å². The number of carbonyl (C=O) groups is 2. The highest BCUT2D eigenvalue weighted by Crippen LogP contribution is 2.38. The van der Waals surface area contributed by atoms with Crippen LogP contribution in [0.25, 0.3) is 0 Å². The molecule has 2 amide bonds. The van der Waals surface area contributed by atoms with Crippen LogP contribution in [-0.4, -0.2) is 26.0 Å². The van der Waals surface area contributed by atoms with Gasteiger partial charge in [-0.05, 0) is 66.6 Å². The van der Waals surface area contributed by atoms with Gasteiger partial charge in [0.15, 0.2) is 11.5 Å².